The fourth-order valence-corrected chi connectivity index (χ4v) is 2.18. The van der Waals surface area contributed by atoms with Gasteiger partial charge in [0.2, 0.25) is 5.95 Å². The maximum atomic E-state index is 4.46. The monoisotopic (exact) mass is 279 g/mol. The van der Waals surface area contributed by atoms with E-state index in [-0.39, 0.29) is 0 Å². The molecule has 0 aliphatic carbocycles. The lowest BCUT2D eigenvalue weighted by atomic mass is 10.1. The molecule has 0 spiro atoms. The van der Waals surface area contributed by atoms with Crippen LogP contribution < -0.4 is 10.6 Å². The Hall–Kier alpha value is -1.36. The predicted molar refractivity (Wildman–Crippen MR) is 86.4 cm³/mol. The summed E-state index contributed by atoms with van der Waals surface area (Å²) in [5.41, 5.74) is 1.08. The van der Waals surface area contributed by atoms with Crippen LogP contribution in [-0.4, -0.2) is 47.6 Å². The van der Waals surface area contributed by atoms with Crippen molar-refractivity contribution in [3.8, 4) is 0 Å². The maximum absolute atomic E-state index is 4.46. The zero-order valence-electron chi connectivity index (χ0n) is 13.5. The average Bonchev–Trinajstić information content (AvgIpc) is 2.46. The smallest absolute Gasteiger partial charge is 0.224 e. The molecule has 1 atom stereocenters. The Balaban J connectivity index is 2.44. The Kier molecular flexibility index (Phi) is 7.30. The van der Waals surface area contributed by atoms with Crippen LogP contribution >= 0.6 is 0 Å². The standard InChI is InChI=1S/C15H29N5/c1-6-20(7-2)10-8-9-13(4)18-14-12(3)11-17-15(16-5)19-14/h11,13H,6-10H2,1-5H3,(H2,16,17,18,19). The van der Waals surface area contributed by atoms with Crippen LogP contribution in [0.25, 0.3) is 0 Å². The minimum absolute atomic E-state index is 0.420. The molecule has 2 N–H and O–H groups in total. The highest BCUT2D eigenvalue weighted by Crippen LogP contribution is 2.14. The van der Waals surface area contributed by atoms with Crippen LogP contribution in [0.2, 0.25) is 0 Å². The molecule has 0 bridgehead atoms. The van der Waals surface area contributed by atoms with E-state index in [2.05, 4.69) is 46.3 Å². The van der Waals surface area contributed by atoms with Gasteiger partial charge in [-0.05, 0) is 46.3 Å². The second-order valence-corrected chi connectivity index (χ2v) is 5.19. The normalized spacial score (nSPS) is 12.5. The van der Waals surface area contributed by atoms with Crippen LogP contribution in [0.15, 0.2) is 6.20 Å². The molecule has 0 aliphatic heterocycles. The number of rotatable bonds is 9. The lowest BCUT2D eigenvalue weighted by molar-refractivity contribution is 0.295. The molecule has 0 fully saturated rings. The third-order valence-corrected chi connectivity index (χ3v) is 3.58. The van der Waals surface area contributed by atoms with Gasteiger partial charge in [-0.1, -0.05) is 13.8 Å². The number of hydrogen-bond donors (Lipinski definition) is 2. The van der Waals surface area contributed by atoms with Gasteiger partial charge in [0, 0.05) is 24.8 Å². The maximum Gasteiger partial charge on any atom is 0.224 e. The van der Waals surface area contributed by atoms with E-state index in [0.29, 0.717) is 12.0 Å². The molecule has 0 aliphatic rings. The third-order valence-electron chi connectivity index (χ3n) is 3.58. The van der Waals surface area contributed by atoms with Crippen molar-refractivity contribution in [3.05, 3.63) is 11.8 Å². The quantitative estimate of drug-likeness (QED) is 0.728. The first kappa shape index (κ1) is 16.7. The molecule has 0 radical (unpaired) electrons. The summed E-state index contributed by atoms with van der Waals surface area (Å²) in [5, 5.41) is 6.46. The second-order valence-electron chi connectivity index (χ2n) is 5.19. The summed E-state index contributed by atoms with van der Waals surface area (Å²) in [6.07, 6.45) is 4.21. The Morgan fingerprint density at radius 3 is 2.60 bits per heavy atom. The number of aromatic nitrogens is 2. The van der Waals surface area contributed by atoms with Crippen LogP contribution in [0.1, 0.15) is 39.2 Å². The van der Waals surface area contributed by atoms with Gasteiger partial charge in [-0.2, -0.15) is 4.98 Å². The first-order valence-corrected chi connectivity index (χ1v) is 7.60. The highest BCUT2D eigenvalue weighted by molar-refractivity contribution is 5.46. The van der Waals surface area contributed by atoms with Gasteiger partial charge in [-0.25, -0.2) is 4.98 Å². The highest BCUT2D eigenvalue weighted by Gasteiger charge is 2.08. The molecule has 114 valence electrons. The minimum Gasteiger partial charge on any atom is -0.367 e. The molecule has 1 heterocycles. The van der Waals surface area contributed by atoms with Crippen LogP contribution in [0, 0.1) is 6.92 Å². The minimum atomic E-state index is 0.420. The predicted octanol–water partition coefficient (Wildman–Crippen LogP) is 2.75. The fourth-order valence-electron chi connectivity index (χ4n) is 2.18. The van der Waals surface area contributed by atoms with Gasteiger partial charge in [0.1, 0.15) is 5.82 Å². The number of nitrogens with zero attached hydrogens (tertiary/aromatic N) is 3. The molecule has 0 aromatic carbocycles. The van der Waals surface area contributed by atoms with Gasteiger partial charge >= 0.3 is 0 Å². The van der Waals surface area contributed by atoms with Crippen LogP contribution in [0.3, 0.4) is 0 Å². The molecule has 1 unspecified atom stereocenters. The third kappa shape index (κ3) is 5.33. The molecule has 20 heavy (non-hydrogen) atoms. The molecule has 1 rings (SSSR count). The van der Waals surface area contributed by atoms with Gasteiger partial charge in [0.15, 0.2) is 0 Å². The van der Waals surface area contributed by atoms with Crippen molar-refractivity contribution < 1.29 is 0 Å². The summed E-state index contributed by atoms with van der Waals surface area (Å²) < 4.78 is 0. The molecule has 0 saturated carbocycles. The SMILES string of the molecule is CCN(CC)CCCC(C)Nc1nc(NC)ncc1C. The summed E-state index contributed by atoms with van der Waals surface area (Å²) in [6.45, 7) is 12.1. The first-order valence-electron chi connectivity index (χ1n) is 7.60. The van der Waals surface area contributed by atoms with E-state index in [0.717, 1.165) is 30.9 Å². The zero-order valence-corrected chi connectivity index (χ0v) is 13.5. The van der Waals surface area contributed by atoms with Gasteiger partial charge in [-0.15, -0.1) is 0 Å². The van der Waals surface area contributed by atoms with Crippen molar-refractivity contribution in [1.29, 1.82) is 0 Å². The van der Waals surface area contributed by atoms with E-state index in [1.807, 2.05) is 20.2 Å². The van der Waals surface area contributed by atoms with E-state index in [1.54, 1.807) is 0 Å². The Morgan fingerprint density at radius 1 is 1.30 bits per heavy atom. The Labute approximate surface area is 123 Å². The molecule has 5 heteroatoms. The summed E-state index contributed by atoms with van der Waals surface area (Å²) in [7, 11) is 1.84. The van der Waals surface area contributed by atoms with Crippen molar-refractivity contribution in [2.45, 2.75) is 46.6 Å². The molecule has 0 saturated heterocycles. The number of nitrogens with one attached hydrogen (secondary N) is 2. The summed E-state index contributed by atoms with van der Waals surface area (Å²) in [6, 6.07) is 0.420. The van der Waals surface area contributed by atoms with Crippen molar-refractivity contribution in [2.75, 3.05) is 37.3 Å². The van der Waals surface area contributed by atoms with E-state index >= 15 is 0 Å². The molecular weight excluding hydrogens is 250 g/mol. The summed E-state index contributed by atoms with van der Waals surface area (Å²) in [5.74, 6) is 1.59. The first-order chi connectivity index (χ1) is 9.60. The number of anilines is 2. The van der Waals surface area contributed by atoms with Gasteiger partial charge in [-0.3, -0.25) is 0 Å². The van der Waals surface area contributed by atoms with E-state index < -0.39 is 0 Å². The Bertz CT molecular complexity index is 390. The topological polar surface area (TPSA) is 53.1 Å². The highest BCUT2D eigenvalue weighted by atomic mass is 15.1. The van der Waals surface area contributed by atoms with E-state index in [9.17, 15) is 0 Å². The second kappa shape index (κ2) is 8.74. The fraction of sp³-hybridized carbons (Fsp3) is 0.733. The largest absolute Gasteiger partial charge is 0.367 e. The molecular formula is C15H29N5. The number of aryl methyl sites for hydroxylation is 1. The lowest BCUT2D eigenvalue weighted by Gasteiger charge is -2.20. The van der Waals surface area contributed by atoms with Crippen LogP contribution in [0.4, 0.5) is 11.8 Å². The van der Waals surface area contributed by atoms with Crippen LogP contribution in [0.5, 0.6) is 0 Å². The van der Waals surface area contributed by atoms with Gasteiger partial charge in [0.25, 0.3) is 0 Å². The zero-order chi connectivity index (χ0) is 15.0. The molecule has 1 aromatic heterocycles. The van der Waals surface area contributed by atoms with Crippen molar-refractivity contribution >= 4 is 11.8 Å². The van der Waals surface area contributed by atoms with E-state index in [4.69, 9.17) is 0 Å². The summed E-state index contributed by atoms with van der Waals surface area (Å²) >= 11 is 0. The van der Waals surface area contributed by atoms with Crippen molar-refractivity contribution in [1.82, 2.24) is 14.9 Å². The van der Waals surface area contributed by atoms with E-state index in [1.165, 1.54) is 13.0 Å². The number of hydrogen-bond acceptors (Lipinski definition) is 5. The van der Waals surface area contributed by atoms with Crippen molar-refractivity contribution in [3.63, 3.8) is 0 Å². The molecule has 0 amide bonds. The van der Waals surface area contributed by atoms with Gasteiger partial charge < -0.3 is 15.5 Å². The lowest BCUT2D eigenvalue weighted by Crippen LogP contribution is -2.26. The molecule has 5 nitrogen and oxygen atoms in total. The Morgan fingerprint density at radius 2 is 2.00 bits per heavy atom. The van der Waals surface area contributed by atoms with Crippen molar-refractivity contribution in [2.24, 2.45) is 0 Å². The van der Waals surface area contributed by atoms with Gasteiger partial charge in [0.05, 0.1) is 0 Å². The average molecular weight is 279 g/mol. The molecule has 1 aromatic rings. The van der Waals surface area contributed by atoms with Crippen LogP contribution in [-0.2, 0) is 0 Å². The summed E-state index contributed by atoms with van der Waals surface area (Å²) in [4.78, 5) is 11.1.